The zero-order chi connectivity index (χ0) is 12.4. The third-order valence-corrected chi connectivity index (χ3v) is 4.44. The second-order valence-electron chi connectivity index (χ2n) is 5.40. The van der Waals surface area contributed by atoms with Crippen LogP contribution in [0.2, 0.25) is 0 Å². The summed E-state index contributed by atoms with van der Waals surface area (Å²) in [5, 5.41) is 0.946. The van der Waals surface area contributed by atoms with Gasteiger partial charge in [-0.2, -0.15) is 0 Å². The average Bonchev–Trinajstić information content (AvgIpc) is 2.77. The van der Waals surface area contributed by atoms with Gasteiger partial charge in [-0.15, -0.1) is 0 Å². The summed E-state index contributed by atoms with van der Waals surface area (Å²) in [6, 6.07) is 7.57. The third-order valence-electron chi connectivity index (χ3n) is 3.79. The van der Waals surface area contributed by atoms with Crippen molar-refractivity contribution in [2.24, 2.45) is 5.92 Å². The van der Waals surface area contributed by atoms with Crippen molar-refractivity contribution in [2.75, 3.05) is 11.4 Å². The largest absolute Gasteiger partial charge is 0.368 e. The molecule has 1 saturated heterocycles. The van der Waals surface area contributed by atoms with Crippen LogP contribution in [0, 0.1) is 12.8 Å². The van der Waals surface area contributed by atoms with Crippen LogP contribution >= 0.6 is 15.9 Å². The Kier molecular flexibility index (Phi) is 4.13. The van der Waals surface area contributed by atoms with Gasteiger partial charge in [0.1, 0.15) is 0 Å². The number of anilines is 1. The molecule has 1 fully saturated rings. The molecule has 1 unspecified atom stereocenters. The number of hydrogen-bond acceptors (Lipinski definition) is 1. The molecule has 0 aromatic heterocycles. The van der Waals surface area contributed by atoms with Crippen LogP contribution in [0.3, 0.4) is 0 Å². The zero-order valence-electron chi connectivity index (χ0n) is 11.0. The summed E-state index contributed by atoms with van der Waals surface area (Å²) in [6.45, 7) is 8.13. The molecule has 1 aliphatic rings. The fraction of sp³-hybridized carbons (Fsp3) is 0.600. The van der Waals surface area contributed by atoms with E-state index in [1.165, 1.54) is 36.2 Å². The predicted octanol–water partition coefficient (Wildman–Crippen LogP) is 4.51. The molecular formula is C15H22BrN. The molecule has 1 aromatic rings. The second-order valence-corrected chi connectivity index (χ2v) is 5.96. The number of alkyl halides is 1. The molecule has 0 N–H and O–H groups in total. The first-order chi connectivity index (χ1) is 8.13. The number of halogens is 1. The molecule has 1 aromatic carbocycles. The van der Waals surface area contributed by atoms with Gasteiger partial charge in [0.25, 0.3) is 0 Å². The Hall–Kier alpha value is -0.500. The Balaban J connectivity index is 2.27. The van der Waals surface area contributed by atoms with Crippen LogP contribution in [-0.2, 0) is 5.33 Å². The Morgan fingerprint density at radius 2 is 2.18 bits per heavy atom. The molecule has 0 bridgehead atoms. The summed E-state index contributed by atoms with van der Waals surface area (Å²) in [5.41, 5.74) is 4.21. The van der Waals surface area contributed by atoms with Crippen molar-refractivity contribution in [1.82, 2.24) is 0 Å². The SMILES string of the molecule is Cc1cc(CBr)ccc1N1CCCC1C(C)C. The van der Waals surface area contributed by atoms with Crippen molar-refractivity contribution in [2.45, 2.75) is 45.0 Å². The van der Waals surface area contributed by atoms with E-state index in [0.29, 0.717) is 0 Å². The summed E-state index contributed by atoms with van der Waals surface area (Å²) in [5.74, 6) is 0.743. The monoisotopic (exact) mass is 295 g/mol. The van der Waals surface area contributed by atoms with Crippen LogP contribution in [0.5, 0.6) is 0 Å². The van der Waals surface area contributed by atoms with E-state index >= 15 is 0 Å². The van der Waals surface area contributed by atoms with Gasteiger partial charge >= 0.3 is 0 Å². The maximum atomic E-state index is 3.52. The van der Waals surface area contributed by atoms with Crippen LogP contribution in [0.4, 0.5) is 5.69 Å². The quantitative estimate of drug-likeness (QED) is 0.742. The molecule has 0 radical (unpaired) electrons. The minimum atomic E-state index is 0.725. The number of benzene rings is 1. The van der Waals surface area contributed by atoms with Crippen LogP contribution in [-0.4, -0.2) is 12.6 Å². The lowest BCUT2D eigenvalue weighted by Crippen LogP contribution is -2.33. The normalized spacial score (nSPS) is 20.3. The summed E-state index contributed by atoms with van der Waals surface area (Å²) < 4.78 is 0. The fourth-order valence-corrected chi connectivity index (χ4v) is 3.26. The maximum absolute atomic E-state index is 3.52. The van der Waals surface area contributed by atoms with Gasteiger partial charge in [-0.1, -0.05) is 41.9 Å². The van der Waals surface area contributed by atoms with Gasteiger partial charge in [-0.25, -0.2) is 0 Å². The molecule has 0 amide bonds. The highest BCUT2D eigenvalue weighted by Gasteiger charge is 2.27. The molecule has 0 aliphatic carbocycles. The first-order valence-electron chi connectivity index (χ1n) is 6.55. The first kappa shape index (κ1) is 12.9. The maximum Gasteiger partial charge on any atom is 0.0398 e. The smallest absolute Gasteiger partial charge is 0.0398 e. The molecule has 1 nitrogen and oxygen atoms in total. The van der Waals surface area contributed by atoms with Gasteiger partial charge in [-0.3, -0.25) is 0 Å². The van der Waals surface area contributed by atoms with E-state index < -0.39 is 0 Å². The minimum absolute atomic E-state index is 0.725. The van der Waals surface area contributed by atoms with Crippen molar-refractivity contribution in [3.8, 4) is 0 Å². The lowest BCUT2D eigenvalue weighted by molar-refractivity contribution is 0.491. The number of rotatable bonds is 3. The van der Waals surface area contributed by atoms with Crippen molar-refractivity contribution >= 4 is 21.6 Å². The Morgan fingerprint density at radius 1 is 1.41 bits per heavy atom. The minimum Gasteiger partial charge on any atom is -0.368 e. The summed E-state index contributed by atoms with van der Waals surface area (Å²) in [6.07, 6.45) is 2.68. The Bertz CT molecular complexity index is 387. The van der Waals surface area contributed by atoms with Crippen molar-refractivity contribution < 1.29 is 0 Å². The van der Waals surface area contributed by atoms with Gasteiger partial charge in [0.05, 0.1) is 0 Å². The van der Waals surface area contributed by atoms with Crippen molar-refractivity contribution in [3.63, 3.8) is 0 Å². The standard InChI is InChI=1S/C15H22BrN/c1-11(2)14-5-4-8-17(14)15-7-6-13(10-16)9-12(15)3/h6-7,9,11,14H,4-5,8,10H2,1-3H3. The molecule has 94 valence electrons. The van der Waals surface area contributed by atoms with Gasteiger partial charge in [0, 0.05) is 23.6 Å². The van der Waals surface area contributed by atoms with Gasteiger partial charge in [-0.05, 0) is 42.9 Å². The summed E-state index contributed by atoms with van der Waals surface area (Å²) >= 11 is 3.52. The zero-order valence-corrected chi connectivity index (χ0v) is 12.6. The second kappa shape index (κ2) is 5.43. The van der Waals surface area contributed by atoms with E-state index in [9.17, 15) is 0 Å². The molecule has 0 spiro atoms. The molecule has 2 rings (SSSR count). The third kappa shape index (κ3) is 2.67. The van der Waals surface area contributed by atoms with Crippen molar-refractivity contribution in [3.05, 3.63) is 29.3 Å². The number of nitrogens with zero attached hydrogens (tertiary/aromatic N) is 1. The van der Waals surface area contributed by atoms with E-state index in [0.717, 1.165) is 17.3 Å². The van der Waals surface area contributed by atoms with Gasteiger partial charge < -0.3 is 4.90 Å². The Morgan fingerprint density at radius 3 is 2.76 bits per heavy atom. The highest BCUT2D eigenvalue weighted by molar-refractivity contribution is 9.08. The highest BCUT2D eigenvalue weighted by atomic mass is 79.9. The highest BCUT2D eigenvalue weighted by Crippen LogP contribution is 2.32. The van der Waals surface area contributed by atoms with Crippen LogP contribution in [0.15, 0.2) is 18.2 Å². The first-order valence-corrected chi connectivity index (χ1v) is 7.67. The molecule has 1 atom stereocenters. The number of hydrogen-bond donors (Lipinski definition) is 0. The lowest BCUT2D eigenvalue weighted by atomic mass is 10.0. The molecule has 2 heteroatoms. The van der Waals surface area contributed by atoms with E-state index in [-0.39, 0.29) is 0 Å². The topological polar surface area (TPSA) is 3.24 Å². The van der Waals surface area contributed by atoms with E-state index in [1.54, 1.807) is 0 Å². The van der Waals surface area contributed by atoms with Crippen LogP contribution < -0.4 is 4.90 Å². The molecular weight excluding hydrogens is 274 g/mol. The van der Waals surface area contributed by atoms with Crippen molar-refractivity contribution in [1.29, 1.82) is 0 Å². The number of aryl methyl sites for hydroxylation is 1. The van der Waals surface area contributed by atoms with E-state index in [1.807, 2.05) is 0 Å². The van der Waals surface area contributed by atoms with Gasteiger partial charge in [0.2, 0.25) is 0 Å². The molecule has 17 heavy (non-hydrogen) atoms. The Labute approximate surface area is 113 Å². The van der Waals surface area contributed by atoms with Crippen LogP contribution in [0.1, 0.15) is 37.8 Å². The summed E-state index contributed by atoms with van der Waals surface area (Å²) in [7, 11) is 0. The fourth-order valence-electron chi connectivity index (χ4n) is 2.91. The lowest BCUT2D eigenvalue weighted by Gasteiger charge is -2.31. The van der Waals surface area contributed by atoms with Crippen LogP contribution in [0.25, 0.3) is 0 Å². The van der Waals surface area contributed by atoms with E-state index in [4.69, 9.17) is 0 Å². The van der Waals surface area contributed by atoms with Gasteiger partial charge in [0.15, 0.2) is 0 Å². The predicted molar refractivity (Wildman–Crippen MR) is 79.0 cm³/mol. The van der Waals surface area contributed by atoms with E-state index in [2.05, 4.69) is 59.8 Å². The molecule has 0 saturated carbocycles. The average molecular weight is 296 g/mol. The summed E-state index contributed by atoms with van der Waals surface area (Å²) in [4.78, 5) is 2.61. The molecule has 1 aliphatic heterocycles. The molecule has 1 heterocycles.